The van der Waals surface area contributed by atoms with Crippen molar-refractivity contribution in [1.29, 1.82) is 0 Å². The highest BCUT2D eigenvalue weighted by atomic mass is 16.6. The summed E-state index contributed by atoms with van der Waals surface area (Å²) in [5.74, 6) is 0.476. The fraction of sp³-hybridized carbons (Fsp3) is 0.444. The molecule has 6 heteroatoms. The number of rotatable bonds is 4. The smallest absolute Gasteiger partial charge is 0.277 e. The van der Waals surface area contributed by atoms with Gasteiger partial charge in [-0.2, -0.15) is 0 Å². The average molecular weight is 210 g/mol. The standard InChI is InChI=1S/C9H14N4O2/c1-6-4-11-9(12-5-7(2)10)3-8(6)13(14)15/h3-4,7H,5,10H2,1-2H3,(H,11,12). The Labute approximate surface area is 87.7 Å². The van der Waals surface area contributed by atoms with Crippen LogP contribution in [0.25, 0.3) is 0 Å². The summed E-state index contributed by atoms with van der Waals surface area (Å²) in [4.78, 5) is 14.2. The zero-order valence-electron chi connectivity index (χ0n) is 8.73. The number of hydrogen-bond donors (Lipinski definition) is 2. The molecule has 1 atom stereocenters. The van der Waals surface area contributed by atoms with E-state index in [2.05, 4.69) is 10.3 Å². The van der Waals surface area contributed by atoms with Crippen molar-refractivity contribution in [3.05, 3.63) is 27.9 Å². The molecule has 82 valence electrons. The molecule has 0 aliphatic heterocycles. The van der Waals surface area contributed by atoms with Crippen LogP contribution < -0.4 is 11.1 Å². The van der Waals surface area contributed by atoms with Gasteiger partial charge in [0.2, 0.25) is 0 Å². The van der Waals surface area contributed by atoms with Crippen molar-refractivity contribution < 1.29 is 4.92 Å². The molecule has 1 unspecified atom stereocenters. The van der Waals surface area contributed by atoms with Crippen LogP contribution in [0.15, 0.2) is 12.3 Å². The predicted octanol–water partition coefficient (Wildman–Crippen LogP) is 1.06. The van der Waals surface area contributed by atoms with E-state index < -0.39 is 4.92 Å². The third-order valence-electron chi connectivity index (χ3n) is 1.88. The third-order valence-corrected chi connectivity index (χ3v) is 1.88. The maximum absolute atomic E-state index is 10.6. The van der Waals surface area contributed by atoms with Crippen molar-refractivity contribution in [2.24, 2.45) is 5.73 Å². The van der Waals surface area contributed by atoms with Crippen LogP contribution >= 0.6 is 0 Å². The summed E-state index contributed by atoms with van der Waals surface area (Å²) >= 11 is 0. The van der Waals surface area contributed by atoms with Gasteiger partial charge in [0.05, 0.1) is 11.0 Å². The number of nitrogens with two attached hydrogens (primary N) is 1. The topological polar surface area (TPSA) is 94.1 Å². The summed E-state index contributed by atoms with van der Waals surface area (Å²) in [5, 5.41) is 13.6. The Hall–Kier alpha value is -1.69. The molecule has 0 radical (unpaired) electrons. The lowest BCUT2D eigenvalue weighted by Crippen LogP contribution is -2.25. The van der Waals surface area contributed by atoms with Gasteiger partial charge >= 0.3 is 0 Å². The minimum absolute atomic E-state index is 0.0211. The summed E-state index contributed by atoms with van der Waals surface area (Å²) in [6.07, 6.45) is 1.47. The highest BCUT2D eigenvalue weighted by Gasteiger charge is 2.11. The Bertz CT molecular complexity index is 365. The molecule has 0 saturated carbocycles. The number of aryl methyl sites for hydroxylation is 1. The van der Waals surface area contributed by atoms with Crippen LogP contribution in [0.5, 0.6) is 0 Å². The van der Waals surface area contributed by atoms with Crippen molar-refractivity contribution in [2.75, 3.05) is 11.9 Å². The van der Waals surface area contributed by atoms with Crippen molar-refractivity contribution in [3.63, 3.8) is 0 Å². The molecule has 1 aromatic rings. The maximum atomic E-state index is 10.6. The van der Waals surface area contributed by atoms with Gasteiger partial charge in [0.1, 0.15) is 5.82 Å². The molecule has 1 rings (SSSR count). The minimum atomic E-state index is -0.423. The summed E-state index contributed by atoms with van der Waals surface area (Å²) in [6, 6.07) is 1.39. The summed E-state index contributed by atoms with van der Waals surface area (Å²) in [7, 11) is 0. The molecule has 1 aromatic heterocycles. The van der Waals surface area contributed by atoms with Gasteiger partial charge < -0.3 is 11.1 Å². The number of hydrogen-bond acceptors (Lipinski definition) is 5. The van der Waals surface area contributed by atoms with Crippen molar-refractivity contribution in [2.45, 2.75) is 19.9 Å². The van der Waals surface area contributed by atoms with Crippen LogP contribution in [-0.4, -0.2) is 22.5 Å². The van der Waals surface area contributed by atoms with Gasteiger partial charge in [-0.3, -0.25) is 10.1 Å². The van der Waals surface area contributed by atoms with E-state index in [0.717, 1.165) is 0 Å². The molecule has 0 bridgehead atoms. The molecule has 0 aliphatic rings. The van der Waals surface area contributed by atoms with Crippen molar-refractivity contribution in [3.8, 4) is 0 Å². The van der Waals surface area contributed by atoms with Crippen LogP contribution in [0.4, 0.5) is 11.5 Å². The molecule has 0 aromatic carbocycles. The third kappa shape index (κ3) is 3.17. The van der Waals surface area contributed by atoms with Crippen molar-refractivity contribution >= 4 is 11.5 Å². The Balaban J connectivity index is 2.83. The molecule has 0 saturated heterocycles. The van der Waals surface area contributed by atoms with Gasteiger partial charge in [-0.25, -0.2) is 4.98 Å². The molecule has 6 nitrogen and oxygen atoms in total. The Morgan fingerprint density at radius 2 is 2.40 bits per heavy atom. The van der Waals surface area contributed by atoms with Gasteiger partial charge in [0.15, 0.2) is 0 Å². The van der Waals surface area contributed by atoms with Crippen LogP contribution in [0.1, 0.15) is 12.5 Å². The fourth-order valence-corrected chi connectivity index (χ4v) is 1.07. The summed E-state index contributed by atoms with van der Waals surface area (Å²) in [5.41, 5.74) is 6.16. The molecular weight excluding hydrogens is 196 g/mol. The number of nitrogens with zero attached hydrogens (tertiary/aromatic N) is 2. The Kier molecular flexibility index (Phi) is 3.56. The van der Waals surface area contributed by atoms with Gasteiger partial charge in [0, 0.05) is 24.3 Å². The molecule has 0 aliphatic carbocycles. The monoisotopic (exact) mass is 210 g/mol. The van der Waals surface area contributed by atoms with Crippen LogP contribution in [0.2, 0.25) is 0 Å². The van der Waals surface area contributed by atoms with Crippen LogP contribution in [-0.2, 0) is 0 Å². The first-order valence-corrected chi connectivity index (χ1v) is 4.61. The van der Waals surface area contributed by atoms with Gasteiger partial charge in [-0.05, 0) is 13.8 Å². The molecule has 0 amide bonds. The largest absolute Gasteiger partial charge is 0.368 e. The first kappa shape index (κ1) is 11.4. The first-order valence-electron chi connectivity index (χ1n) is 4.61. The minimum Gasteiger partial charge on any atom is -0.368 e. The fourth-order valence-electron chi connectivity index (χ4n) is 1.07. The predicted molar refractivity (Wildman–Crippen MR) is 57.8 cm³/mol. The van der Waals surface area contributed by atoms with Crippen LogP contribution in [0.3, 0.4) is 0 Å². The average Bonchev–Trinajstić information content (AvgIpc) is 2.16. The van der Waals surface area contributed by atoms with E-state index in [0.29, 0.717) is 17.9 Å². The second-order valence-electron chi connectivity index (χ2n) is 3.47. The number of nitro groups is 1. The summed E-state index contributed by atoms with van der Waals surface area (Å²) in [6.45, 7) is 4.03. The number of aromatic nitrogens is 1. The van der Waals surface area contributed by atoms with E-state index in [-0.39, 0.29) is 11.7 Å². The van der Waals surface area contributed by atoms with Gasteiger partial charge in [0.25, 0.3) is 5.69 Å². The van der Waals surface area contributed by atoms with Crippen molar-refractivity contribution in [1.82, 2.24) is 4.98 Å². The number of nitrogens with one attached hydrogen (secondary N) is 1. The lowest BCUT2D eigenvalue weighted by Gasteiger charge is -2.08. The van der Waals surface area contributed by atoms with E-state index in [9.17, 15) is 10.1 Å². The van der Waals surface area contributed by atoms with Gasteiger partial charge in [-0.15, -0.1) is 0 Å². The Morgan fingerprint density at radius 3 is 2.93 bits per heavy atom. The summed E-state index contributed by atoms with van der Waals surface area (Å²) < 4.78 is 0. The lowest BCUT2D eigenvalue weighted by atomic mass is 10.2. The van der Waals surface area contributed by atoms with Crippen LogP contribution in [0, 0.1) is 17.0 Å². The molecule has 15 heavy (non-hydrogen) atoms. The van der Waals surface area contributed by atoms with E-state index in [1.165, 1.54) is 12.3 Å². The molecule has 0 spiro atoms. The normalized spacial score (nSPS) is 12.2. The quantitative estimate of drug-likeness (QED) is 0.572. The van der Waals surface area contributed by atoms with E-state index in [1.807, 2.05) is 6.92 Å². The number of pyridine rings is 1. The zero-order valence-corrected chi connectivity index (χ0v) is 8.73. The molecular formula is C9H14N4O2. The number of anilines is 1. The lowest BCUT2D eigenvalue weighted by molar-refractivity contribution is -0.385. The Morgan fingerprint density at radius 1 is 1.73 bits per heavy atom. The maximum Gasteiger partial charge on any atom is 0.277 e. The van der Waals surface area contributed by atoms with E-state index in [4.69, 9.17) is 5.73 Å². The van der Waals surface area contributed by atoms with E-state index >= 15 is 0 Å². The first-order chi connectivity index (χ1) is 7.00. The van der Waals surface area contributed by atoms with E-state index in [1.54, 1.807) is 6.92 Å². The zero-order chi connectivity index (χ0) is 11.4. The second-order valence-corrected chi connectivity index (χ2v) is 3.47. The van der Waals surface area contributed by atoms with Gasteiger partial charge in [-0.1, -0.05) is 0 Å². The SMILES string of the molecule is Cc1cnc(NCC(C)N)cc1[N+](=O)[O-]. The highest BCUT2D eigenvalue weighted by molar-refractivity contribution is 5.48. The second kappa shape index (κ2) is 4.70. The molecule has 1 heterocycles. The molecule has 0 fully saturated rings. The highest BCUT2D eigenvalue weighted by Crippen LogP contribution is 2.19. The molecule has 3 N–H and O–H groups in total.